The van der Waals surface area contributed by atoms with Crippen LogP contribution in [0, 0.1) is 0 Å². The summed E-state index contributed by atoms with van der Waals surface area (Å²) in [5.74, 6) is 1.31. The lowest BCUT2D eigenvalue weighted by Gasteiger charge is -2.11. The van der Waals surface area contributed by atoms with Crippen LogP contribution in [0.3, 0.4) is 0 Å². The number of nitrogens with one attached hydrogen (secondary N) is 1. The van der Waals surface area contributed by atoms with Crippen molar-refractivity contribution in [3.05, 3.63) is 45.1 Å². The molecular weight excluding hydrogens is 310 g/mol. The first-order valence-electron chi connectivity index (χ1n) is 6.58. The topological polar surface area (TPSA) is 50.7 Å². The molecule has 21 heavy (non-hydrogen) atoms. The fourth-order valence-electron chi connectivity index (χ4n) is 1.87. The van der Waals surface area contributed by atoms with E-state index < -0.39 is 0 Å². The summed E-state index contributed by atoms with van der Waals surface area (Å²) in [6.45, 7) is 1.75. The minimum atomic E-state index is -0.0180. The van der Waals surface area contributed by atoms with Gasteiger partial charge in [0.1, 0.15) is 6.61 Å². The zero-order chi connectivity index (χ0) is 15.1. The van der Waals surface area contributed by atoms with Gasteiger partial charge in [0, 0.05) is 18.0 Å². The highest BCUT2D eigenvalue weighted by atomic mass is 35.5. The van der Waals surface area contributed by atoms with Gasteiger partial charge in [-0.3, -0.25) is 0 Å². The largest absolute Gasteiger partial charge is 0.493 e. The standard InChI is InChI=1S/C15H18ClNO3S/c1-19-14-8-11(2-4-13(14)20-7-6-18)9-17-10-12-3-5-15(16)21-12/h2-5,8,17-18H,6-7,9-10H2,1H3. The van der Waals surface area contributed by atoms with Crippen LogP contribution in [-0.4, -0.2) is 25.4 Å². The smallest absolute Gasteiger partial charge is 0.161 e. The molecule has 2 N–H and O–H groups in total. The van der Waals surface area contributed by atoms with Gasteiger partial charge >= 0.3 is 0 Å². The third kappa shape index (κ3) is 4.89. The highest BCUT2D eigenvalue weighted by Crippen LogP contribution is 2.28. The third-order valence-corrected chi connectivity index (χ3v) is 4.07. The molecule has 2 rings (SSSR count). The molecular formula is C15H18ClNO3S. The highest BCUT2D eigenvalue weighted by molar-refractivity contribution is 7.16. The monoisotopic (exact) mass is 327 g/mol. The Morgan fingerprint density at radius 2 is 2.05 bits per heavy atom. The lowest BCUT2D eigenvalue weighted by atomic mass is 10.2. The van der Waals surface area contributed by atoms with Crippen LogP contribution in [0.1, 0.15) is 10.4 Å². The molecule has 4 nitrogen and oxygen atoms in total. The van der Waals surface area contributed by atoms with E-state index in [0.29, 0.717) is 11.5 Å². The van der Waals surface area contributed by atoms with E-state index in [2.05, 4.69) is 5.32 Å². The maximum Gasteiger partial charge on any atom is 0.161 e. The number of halogens is 1. The number of ether oxygens (including phenoxy) is 2. The second kappa shape index (κ2) is 8.24. The summed E-state index contributed by atoms with van der Waals surface area (Å²) in [5, 5.41) is 12.1. The van der Waals surface area contributed by atoms with Crippen molar-refractivity contribution >= 4 is 22.9 Å². The number of aliphatic hydroxyl groups excluding tert-OH is 1. The minimum Gasteiger partial charge on any atom is -0.493 e. The van der Waals surface area contributed by atoms with E-state index in [1.54, 1.807) is 18.4 Å². The summed E-state index contributed by atoms with van der Waals surface area (Å²) in [4.78, 5) is 1.20. The molecule has 0 saturated heterocycles. The van der Waals surface area contributed by atoms with Gasteiger partial charge in [0.25, 0.3) is 0 Å². The van der Waals surface area contributed by atoms with E-state index in [-0.39, 0.29) is 13.2 Å². The Morgan fingerprint density at radius 3 is 2.71 bits per heavy atom. The highest BCUT2D eigenvalue weighted by Gasteiger charge is 2.06. The lowest BCUT2D eigenvalue weighted by Crippen LogP contribution is -2.12. The van der Waals surface area contributed by atoms with Crippen LogP contribution >= 0.6 is 22.9 Å². The Balaban J connectivity index is 1.90. The summed E-state index contributed by atoms with van der Waals surface area (Å²) in [6.07, 6.45) is 0. The fourth-order valence-corrected chi connectivity index (χ4v) is 2.93. The molecule has 0 unspecified atom stereocenters. The summed E-state index contributed by atoms with van der Waals surface area (Å²) in [5.41, 5.74) is 1.10. The number of rotatable bonds is 8. The first kappa shape index (κ1) is 16.1. The van der Waals surface area contributed by atoms with E-state index in [1.165, 1.54) is 4.88 Å². The summed E-state index contributed by atoms with van der Waals surface area (Å²) < 4.78 is 11.5. The Morgan fingerprint density at radius 1 is 1.19 bits per heavy atom. The number of benzene rings is 1. The van der Waals surface area contributed by atoms with Crippen molar-refractivity contribution in [3.63, 3.8) is 0 Å². The van der Waals surface area contributed by atoms with Gasteiger partial charge in [-0.15, -0.1) is 11.3 Å². The molecule has 0 atom stereocenters. The Kier molecular flexibility index (Phi) is 6.32. The van der Waals surface area contributed by atoms with E-state index in [4.69, 9.17) is 26.2 Å². The van der Waals surface area contributed by atoms with Gasteiger partial charge in [0.05, 0.1) is 18.1 Å². The molecule has 0 spiro atoms. The van der Waals surface area contributed by atoms with Crippen LogP contribution in [0.5, 0.6) is 11.5 Å². The Hall–Kier alpha value is -1.27. The number of methoxy groups -OCH3 is 1. The number of hydrogen-bond acceptors (Lipinski definition) is 5. The zero-order valence-electron chi connectivity index (χ0n) is 11.8. The average Bonchev–Trinajstić information content (AvgIpc) is 2.91. The van der Waals surface area contributed by atoms with E-state index in [9.17, 15) is 0 Å². The molecule has 0 aliphatic carbocycles. The van der Waals surface area contributed by atoms with Gasteiger partial charge in [-0.1, -0.05) is 17.7 Å². The van der Waals surface area contributed by atoms with Crippen LogP contribution in [0.4, 0.5) is 0 Å². The van der Waals surface area contributed by atoms with Crippen LogP contribution in [0.15, 0.2) is 30.3 Å². The van der Waals surface area contributed by atoms with Gasteiger partial charge in [-0.25, -0.2) is 0 Å². The molecule has 0 radical (unpaired) electrons. The predicted molar refractivity (Wildman–Crippen MR) is 85.4 cm³/mol. The number of hydrogen-bond donors (Lipinski definition) is 2. The van der Waals surface area contributed by atoms with Crippen molar-refractivity contribution in [1.29, 1.82) is 0 Å². The molecule has 1 aromatic carbocycles. The van der Waals surface area contributed by atoms with Crippen molar-refractivity contribution in [3.8, 4) is 11.5 Å². The zero-order valence-corrected chi connectivity index (χ0v) is 13.3. The van der Waals surface area contributed by atoms with E-state index >= 15 is 0 Å². The number of thiophene rings is 1. The normalized spacial score (nSPS) is 10.6. The molecule has 2 aromatic rings. The van der Waals surface area contributed by atoms with Crippen molar-refractivity contribution in [2.75, 3.05) is 20.3 Å². The molecule has 0 aliphatic rings. The summed E-state index contributed by atoms with van der Waals surface area (Å²) >= 11 is 7.47. The Labute approximate surface area is 133 Å². The van der Waals surface area contributed by atoms with Gasteiger partial charge in [0.2, 0.25) is 0 Å². The van der Waals surface area contributed by atoms with Crippen LogP contribution in [0.25, 0.3) is 0 Å². The molecule has 1 heterocycles. The van der Waals surface area contributed by atoms with Crippen LogP contribution in [0.2, 0.25) is 4.34 Å². The number of aliphatic hydroxyl groups is 1. The fraction of sp³-hybridized carbons (Fsp3) is 0.333. The molecule has 6 heteroatoms. The maximum absolute atomic E-state index is 8.79. The predicted octanol–water partition coefficient (Wildman–Crippen LogP) is 3.07. The van der Waals surface area contributed by atoms with Crippen molar-refractivity contribution in [2.24, 2.45) is 0 Å². The van der Waals surface area contributed by atoms with E-state index in [1.807, 2.05) is 30.3 Å². The maximum atomic E-state index is 8.79. The van der Waals surface area contributed by atoms with Gasteiger partial charge in [-0.2, -0.15) is 0 Å². The average molecular weight is 328 g/mol. The first-order chi connectivity index (χ1) is 10.2. The van der Waals surface area contributed by atoms with Crippen molar-refractivity contribution in [1.82, 2.24) is 5.32 Å². The lowest BCUT2D eigenvalue weighted by molar-refractivity contribution is 0.196. The Bertz CT molecular complexity index is 574. The van der Waals surface area contributed by atoms with Crippen molar-refractivity contribution in [2.45, 2.75) is 13.1 Å². The molecule has 1 aromatic heterocycles. The first-order valence-corrected chi connectivity index (χ1v) is 7.78. The van der Waals surface area contributed by atoms with Gasteiger partial charge in [-0.05, 0) is 29.8 Å². The molecule has 0 saturated carbocycles. The summed E-state index contributed by atoms with van der Waals surface area (Å²) in [7, 11) is 1.60. The second-order valence-electron chi connectivity index (χ2n) is 4.37. The molecule has 0 aliphatic heterocycles. The van der Waals surface area contributed by atoms with E-state index in [0.717, 1.165) is 23.0 Å². The third-order valence-electron chi connectivity index (χ3n) is 2.83. The molecule has 0 bridgehead atoms. The quantitative estimate of drug-likeness (QED) is 0.782. The van der Waals surface area contributed by atoms with Crippen LogP contribution in [-0.2, 0) is 13.1 Å². The minimum absolute atomic E-state index is 0.0180. The summed E-state index contributed by atoms with van der Waals surface area (Å²) in [6, 6.07) is 9.68. The van der Waals surface area contributed by atoms with Gasteiger partial charge < -0.3 is 19.9 Å². The van der Waals surface area contributed by atoms with Crippen molar-refractivity contribution < 1.29 is 14.6 Å². The molecule has 0 fully saturated rings. The van der Waals surface area contributed by atoms with Crippen LogP contribution < -0.4 is 14.8 Å². The second-order valence-corrected chi connectivity index (χ2v) is 6.17. The molecule has 0 amide bonds. The molecule has 114 valence electrons. The van der Waals surface area contributed by atoms with Gasteiger partial charge in [0.15, 0.2) is 11.5 Å². The SMILES string of the molecule is COc1cc(CNCc2ccc(Cl)s2)ccc1OCCO.